The van der Waals surface area contributed by atoms with E-state index in [1.165, 1.54) is 4.90 Å². The molecule has 1 aromatic carbocycles. The van der Waals surface area contributed by atoms with Crippen molar-refractivity contribution >= 4 is 33.7 Å². The van der Waals surface area contributed by atoms with Crippen molar-refractivity contribution in [3.05, 3.63) is 58.7 Å². The van der Waals surface area contributed by atoms with Gasteiger partial charge >= 0.3 is 6.03 Å². The highest BCUT2D eigenvalue weighted by atomic mass is 79.9. The van der Waals surface area contributed by atoms with Crippen LogP contribution in [0.1, 0.15) is 11.6 Å². The molecular formula is C15H12BrN3O2. The lowest BCUT2D eigenvalue weighted by Crippen LogP contribution is -2.31. The summed E-state index contributed by atoms with van der Waals surface area (Å²) in [5.41, 5.74) is 0.767. The second kappa shape index (κ2) is 5.29. The lowest BCUT2D eigenvalue weighted by atomic mass is 10.1. The number of carbonyl (C=O) groups is 2. The number of anilines is 1. The molecule has 0 bridgehead atoms. The molecule has 0 spiro atoms. The fourth-order valence-corrected chi connectivity index (χ4v) is 2.81. The van der Waals surface area contributed by atoms with Gasteiger partial charge in [0.2, 0.25) is 0 Å². The van der Waals surface area contributed by atoms with Gasteiger partial charge in [0.05, 0.1) is 0 Å². The number of carbonyl (C=O) groups excluding carboxylic acids is 2. The number of benzene rings is 1. The Bertz CT molecular complexity index is 705. The molecule has 0 radical (unpaired) electrons. The van der Waals surface area contributed by atoms with Gasteiger partial charge in [-0.2, -0.15) is 0 Å². The number of amides is 3. The Morgan fingerprint density at radius 1 is 1.14 bits per heavy atom. The molecule has 5 nitrogen and oxygen atoms in total. The molecule has 3 rings (SSSR count). The van der Waals surface area contributed by atoms with Gasteiger partial charge in [-0.3, -0.25) is 4.79 Å². The van der Waals surface area contributed by atoms with Crippen LogP contribution in [0.5, 0.6) is 0 Å². The Hall–Kier alpha value is -2.21. The van der Waals surface area contributed by atoms with Gasteiger partial charge in [0.1, 0.15) is 11.9 Å². The van der Waals surface area contributed by atoms with Crippen molar-refractivity contribution in [2.45, 2.75) is 6.04 Å². The van der Waals surface area contributed by atoms with Crippen LogP contribution in [0.3, 0.4) is 0 Å². The Morgan fingerprint density at radius 3 is 2.62 bits per heavy atom. The number of imide groups is 1. The molecule has 2 aromatic rings. The normalized spacial score (nSPS) is 18.5. The van der Waals surface area contributed by atoms with Crippen molar-refractivity contribution in [2.75, 3.05) is 11.9 Å². The van der Waals surface area contributed by atoms with Crippen LogP contribution < -0.4 is 4.90 Å². The molecule has 1 unspecified atom stereocenters. The van der Waals surface area contributed by atoms with Gasteiger partial charge in [0, 0.05) is 17.7 Å². The smallest absolute Gasteiger partial charge is 0.311 e. The van der Waals surface area contributed by atoms with Crippen LogP contribution in [-0.2, 0) is 4.79 Å². The lowest BCUT2D eigenvalue weighted by molar-refractivity contribution is -0.119. The third-order valence-electron chi connectivity index (χ3n) is 3.38. The molecule has 1 aliphatic rings. The summed E-state index contributed by atoms with van der Waals surface area (Å²) in [6, 6.07) is 11.5. The van der Waals surface area contributed by atoms with Crippen LogP contribution >= 0.6 is 15.9 Å². The number of urea groups is 1. The molecule has 3 amide bonds. The van der Waals surface area contributed by atoms with Gasteiger partial charge < -0.3 is 4.90 Å². The van der Waals surface area contributed by atoms with Crippen LogP contribution in [0.4, 0.5) is 10.6 Å². The van der Waals surface area contributed by atoms with Crippen LogP contribution in [-0.4, -0.2) is 28.9 Å². The van der Waals surface area contributed by atoms with Gasteiger partial charge in [-0.1, -0.05) is 34.1 Å². The lowest BCUT2D eigenvalue weighted by Gasteiger charge is -2.16. The van der Waals surface area contributed by atoms with E-state index in [1.807, 2.05) is 24.3 Å². The zero-order valence-electron chi connectivity index (χ0n) is 11.2. The fraction of sp³-hybridized carbons (Fsp3) is 0.133. The molecule has 1 saturated heterocycles. The Morgan fingerprint density at radius 2 is 1.95 bits per heavy atom. The average molecular weight is 346 g/mol. The summed E-state index contributed by atoms with van der Waals surface area (Å²) < 4.78 is 0.866. The number of aromatic nitrogens is 1. The molecule has 1 atom stereocenters. The number of hydrogen-bond acceptors (Lipinski definition) is 3. The number of halogens is 1. The highest BCUT2D eigenvalue weighted by molar-refractivity contribution is 9.10. The second-order valence-electron chi connectivity index (χ2n) is 4.71. The van der Waals surface area contributed by atoms with Crippen molar-refractivity contribution in [3.63, 3.8) is 0 Å². The summed E-state index contributed by atoms with van der Waals surface area (Å²) in [5, 5.41) is 0. The molecule has 2 heterocycles. The summed E-state index contributed by atoms with van der Waals surface area (Å²) in [6.45, 7) is 0. The van der Waals surface area contributed by atoms with E-state index in [0.717, 1.165) is 14.9 Å². The van der Waals surface area contributed by atoms with E-state index >= 15 is 0 Å². The van der Waals surface area contributed by atoms with Gasteiger partial charge in [-0.25, -0.2) is 14.7 Å². The summed E-state index contributed by atoms with van der Waals surface area (Å²) in [6.07, 6.45) is 1.56. The molecule has 0 saturated carbocycles. The van der Waals surface area contributed by atoms with Gasteiger partial charge in [0.15, 0.2) is 0 Å². The minimum absolute atomic E-state index is 0.292. The van der Waals surface area contributed by atoms with Crippen molar-refractivity contribution in [2.24, 2.45) is 0 Å². The summed E-state index contributed by atoms with van der Waals surface area (Å²) in [5.74, 6) is 0.0520. The summed E-state index contributed by atoms with van der Waals surface area (Å²) in [4.78, 5) is 31.6. The maximum Gasteiger partial charge on any atom is 0.333 e. The first-order valence-corrected chi connectivity index (χ1v) is 7.16. The minimum Gasteiger partial charge on any atom is -0.311 e. The van der Waals surface area contributed by atoms with Crippen LogP contribution in [0.25, 0.3) is 0 Å². The van der Waals surface area contributed by atoms with Crippen LogP contribution in [0.2, 0.25) is 0 Å². The monoisotopic (exact) mass is 345 g/mol. The predicted octanol–water partition coefficient (Wildman–Crippen LogP) is 2.98. The second-order valence-corrected chi connectivity index (χ2v) is 5.63. The molecule has 106 valence electrons. The number of likely N-dealkylation sites (N-methyl/N-ethyl adjacent to an activating group) is 1. The topological polar surface area (TPSA) is 53.5 Å². The molecule has 1 aliphatic heterocycles. The third-order valence-corrected chi connectivity index (χ3v) is 3.87. The highest BCUT2D eigenvalue weighted by Crippen LogP contribution is 2.32. The molecule has 1 aromatic heterocycles. The molecule has 6 heteroatoms. The zero-order chi connectivity index (χ0) is 15.0. The standard InChI is InChI=1S/C15H12BrN3O2/c1-18-13(10-5-4-6-11(16)9-10)14(20)19(15(18)21)12-7-2-3-8-17-12/h2-9,13H,1H3. The van der Waals surface area contributed by atoms with E-state index in [9.17, 15) is 9.59 Å². The first-order chi connectivity index (χ1) is 10.1. The minimum atomic E-state index is -0.628. The maximum atomic E-state index is 12.6. The van der Waals surface area contributed by atoms with E-state index in [0.29, 0.717) is 5.82 Å². The van der Waals surface area contributed by atoms with Crippen LogP contribution in [0.15, 0.2) is 53.1 Å². The number of pyridine rings is 1. The predicted molar refractivity (Wildman–Crippen MR) is 81.8 cm³/mol. The molecule has 21 heavy (non-hydrogen) atoms. The maximum absolute atomic E-state index is 12.6. The molecule has 0 aliphatic carbocycles. The number of rotatable bonds is 2. The summed E-state index contributed by atoms with van der Waals surface area (Å²) in [7, 11) is 1.62. The third kappa shape index (κ3) is 2.31. The largest absolute Gasteiger partial charge is 0.333 e. The SMILES string of the molecule is CN1C(=O)N(c2ccccn2)C(=O)C1c1cccc(Br)c1. The number of nitrogens with zero attached hydrogens (tertiary/aromatic N) is 3. The summed E-state index contributed by atoms with van der Waals surface area (Å²) >= 11 is 3.38. The van der Waals surface area contributed by atoms with Gasteiger partial charge in [-0.05, 0) is 29.8 Å². The van der Waals surface area contributed by atoms with E-state index in [2.05, 4.69) is 20.9 Å². The van der Waals surface area contributed by atoms with Crippen molar-refractivity contribution in [3.8, 4) is 0 Å². The Balaban J connectivity index is 2.02. The highest BCUT2D eigenvalue weighted by Gasteiger charge is 2.45. The zero-order valence-corrected chi connectivity index (χ0v) is 12.8. The number of hydrogen-bond donors (Lipinski definition) is 0. The molecule has 1 fully saturated rings. The van der Waals surface area contributed by atoms with E-state index in [1.54, 1.807) is 31.4 Å². The van der Waals surface area contributed by atoms with Crippen molar-refractivity contribution < 1.29 is 9.59 Å². The van der Waals surface area contributed by atoms with E-state index in [-0.39, 0.29) is 11.9 Å². The quantitative estimate of drug-likeness (QED) is 0.786. The van der Waals surface area contributed by atoms with Gasteiger partial charge in [-0.15, -0.1) is 0 Å². The van der Waals surface area contributed by atoms with Crippen molar-refractivity contribution in [1.82, 2.24) is 9.88 Å². The molecule has 0 N–H and O–H groups in total. The van der Waals surface area contributed by atoms with E-state index in [4.69, 9.17) is 0 Å². The van der Waals surface area contributed by atoms with Gasteiger partial charge in [0.25, 0.3) is 5.91 Å². The molecular weight excluding hydrogens is 334 g/mol. The van der Waals surface area contributed by atoms with Crippen molar-refractivity contribution in [1.29, 1.82) is 0 Å². The Kier molecular flexibility index (Phi) is 3.47. The average Bonchev–Trinajstić information content (AvgIpc) is 2.70. The fourth-order valence-electron chi connectivity index (χ4n) is 2.39. The van der Waals surface area contributed by atoms with E-state index < -0.39 is 6.04 Å². The first-order valence-electron chi connectivity index (χ1n) is 6.37. The Labute approximate surface area is 130 Å². The first kappa shape index (κ1) is 13.8. The van der Waals surface area contributed by atoms with Crippen LogP contribution in [0, 0.1) is 0 Å².